The summed E-state index contributed by atoms with van der Waals surface area (Å²) in [7, 11) is 0. The molecule has 23 heavy (non-hydrogen) atoms. The molecule has 118 valence electrons. The van der Waals surface area contributed by atoms with Crippen molar-refractivity contribution in [3.05, 3.63) is 66.6 Å². The Morgan fingerprint density at radius 2 is 2.26 bits per heavy atom. The molecule has 0 aromatic carbocycles. The van der Waals surface area contributed by atoms with E-state index >= 15 is 0 Å². The van der Waals surface area contributed by atoms with Gasteiger partial charge in [-0.2, -0.15) is 5.10 Å². The summed E-state index contributed by atoms with van der Waals surface area (Å²) >= 11 is 0. The number of carbonyl (C=O) groups is 1. The molecule has 0 spiro atoms. The zero-order valence-corrected chi connectivity index (χ0v) is 12.5. The van der Waals surface area contributed by atoms with Crippen LogP contribution in [0.4, 0.5) is 0 Å². The summed E-state index contributed by atoms with van der Waals surface area (Å²) in [5.41, 5.74) is -0.320. The van der Waals surface area contributed by atoms with Gasteiger partial charge in [-0.3, -0.25) is 9.78 Å². The first-order valence-corrected chi connectivity index (χ1v) is 7.07. The number of pyridine rings is 1. The van der Waals surface area contributed by atoms with Crippen LogP contribution in [-0.2, 0) is 5.60 Å². The van der Waals surface area contributed by atoms with Crippen LogP contribution in [0.2, 0.25) is 0 Å². The van der Waals surface area contributed by atoms with Crippen LogP contribution in [0.1, 0.15) is 23.2 Å². The minimum Gasteiger partial charge on any atom is -0.466 e. The lowest BCUT2D eigenvalue weighted by atomic mass is 10.0. The highest BCUT2D eigenvalue weighted by molar-refractivity contribution is 5.92. The fourth-order valence-electron chi connectivity index (χ4n) is 2.12. The maximum Gasteiger partial charge on any atom is 0.270 e. The summed E-state index contributed by atoms with van der Waals surface area (Å²) in [6.07, 6.45) is 6.44. The van der Waals surface area contributed by atoms with Crippen molar-refractivity contribution in [3.63, 3.8) is 0 Å². The van der Waals surface area contributed by atoms with E-state index in [2.05, 4.69) is 15.4 Å². The van der Waals surface area contributed by atoms with Gasteiger partial charge in [-0.25, -0.2) is 4.68 Å². The molecule has 2 N–H and O–H groups in total. The van der Waals surface area contributed by atoms with E-state index in [0.717, 1.165) is 5.69 Å². The van der Waals surface area contributed by atoms with Crippen LogP contribution in [0, 0.1) is 0 Å². The van der Waals surface area contributed by atoms with E-state index in [0.29, 0.717) is 5.76 Å². The molecule has 0 aliphatic rings. The van der Waals surface area contributed by atoms with Crippen LogP contribution >= 0.6 is 0 Å². The number of carbonyl (C=O) groups excluding carboxylic acids is 1. The van der Waals surface area contributed by atoms with Gasteiger partial charge < -0.3 is 14.8 Å². The van der Waals surface area contributed by atoms with Gasteiger partial charge in [-0.05, 0) is 37.3 Å². The highest BCUT2D eigenvalue weighted by atomic mass is 16.4. The molecule has 0 aliphatic heterocycles. The van der Waals surface area contributed by atoms with Crippen LogP contribution in [0.5, 0.6) is 0 Å². The van der Waals surface area contributed by atoms with Gasteiger partial charge in [0.1, 0.15) is 17.1 Å². The van der Waals surface area contributed by atoms with Gasteiger partial charge in [-0.15, -0.1) is 0 Å². The van der Waals surface area contributed by atoms with E-state index in [-0.39, 0.29) is 18.1 Å². The average molecular weight is 312 g/mol. The Morgan fingerprint density at radius 3 is 2.96 bits per heavy atom. The minimum absolute atomic E-state index is 0.00697. The van der Waals surface area contributed by atoms with E-state index < -0.39 is 5.60 Å². The lowest BCUT2D eigenvalue weighted by molar-refractivity contribution is 0.0329. The molecule has 1 unspecified atom stereocenters. The highest BCUT2D eigenvalue weighted by Gasteiger charge is 2.27. The normalized spacial score (nSPS) is 13.5. The molecule has 0 fully saturated rings. The third-order valence-corrected chi connectivity index (χ3v) is 3.39. The van der Waals surface area contributed by atoms with Crippen LogP contribution in [-0.4, -0.2) is 32.3 Å². The number of hydrogen-bond donors (Lipinski definition) is 2. The smallest absolute Gasteiger partial charge is 0.270 e. The Bertz CT molecular complexity index is 780. The summed E-state index contributed by atoms with van der Waals surface area (Å²) in [4.78, 5) is 16.3. The first-order valence-electron chi connectivity index (χ1n) is 7.07. The number of aliphatic hydroxyl groups is 1. The second-order valence-corrected chi connectivity index (χ2v) is 5.28. The minimum atomic E-state index is -1.29. The van der Waals surface area contributed by atoms with Gasteiger partial charge in [0.05, 0.1) is 18.5 Å². The topological polar surface area (TPSA) is 93.2 Å². The van der Waals surface area contributed by atoms with Crippen LogP contribution in [0.15, 0.2) is 59.6 Å². The maximum atomic E-state index is 12.2. The summed E-state index contributed by atoms with van der Waals surface area (Å²) in [6.45, 7) is 1.58. The summed E-state index contributed by atoms with van der Waals surface area (Å²) in [5, 5.41) is 17.1. The first kappa shape index (κ1) is 15.0. The molecule has 1 amide bonds. The van der Waals surface area contributed by atoms with Crippen molar-refractivity contribution in [3.8, 4) is 5.69 Å². The molecule has 0 bridgehead atoms. The number of hydrogen-bond acceptors (Lipinski definition) is 5. The number of nitrogens with zero attached hydrogens (tertiary/aromatic N) is 3. The Morgan fingerprint density at radius 1 is 1.39 bits per heavy atom. The fraction of sp³-hybridized carbons (Fsp3) is 0.188. The van der Waals surface area contributed by atoms with Crippen molar-refractivity contribution < 1.29 is 14.3 Å². The molecule has 0 saturated heterocycles. The lowest BCUT2D eigenvalue weighted by Crippen LogP contribution is -2.38. The summed E-state index contributed by atoms with van der Waals surface area (Å²) in [5.74, 6) is 0.00175. The molecule has 1 atom stereocenters. The number of aromatic nitrogens is 3. The van der Waals surface area contributed by atoms with E-state index in [9.17, 15) is 9.90 Å². The summed E-state index contributed by atoms with van der Waals surface area (Å²) in [6, 6.07) is 8.51. The molecule has 3 aromatic rings. The van der Waals surface area contributed by atoms with Crippen molar-refractivity contribution in [2.24, 2.45) is 0 Å². The van der Waals surface area contributed by atoms with Gasteiger partial charge >= 0.3 is 0 Å². The van der Waals surface area contributed by atoms with E-state index in [4.69, 9.17) is 4.42 Å². The number of amides is 1. The largest absolute Gasteiger partial charge is 0.466 e. The van der Waals surface area contributed by atoms with Gasteiger partial charge in [0.2, 0.25) is 0 Å². The molecule has 7 heteroatoms. The zero-order valence-electron chi connectivity index (χ0n) is 12.5. The lowest BCUT2D eigenvalue weighted by Gasteiger charge is -2.21. The van der Waals surface area contributed by atoms with E-state index in [1.54, 1.807) is 54.3 Å². The van der Waals surface area contributed by atoms with Crippen molar-refractivity contribution in [1.82, 2.24) is 20.1 Å². The molecule has 0 saturated carbocycles. The Labute approximate surface area is 132 Å². The van der Waals surface area contributed by atoms with Crippen molar-refractivity contribution in [1.29, 1.82) is 0 Å². The first-order chi connectivity index (χ1) is 11.1. The van der Waals surface area contributed by atoms with Crippen molar-refractivity contribution in [2.45, 2.75) is 12.5 Å². The Kier molecular flexibility index (Phi) is 3.94. The molecule has 3 heterocycles. The van der Waals surface area contributed by atoms with E-state index in [1.807, 2.05) is 0 Å². The van der Waals surface area contributed by atoms with Gasteiger partial charge in [0.25, 0.3) is 5.91 Å². The molecular formula is C16H16N4O3. The second kappa shape index (κ2) is 6.05. The van der Waals surface area contributed by atoms with Crippen LogP contribution < -0.4 is 5.32 Å². The Hall–Kier alpha value is -2.93. The number of furan rings is 1. The van der Waals surface area contributed by atoms with Gasteiger partial charge in [0, 0.05) is 18.6 Å². The van der Waals surface area contributed by atoms with Crippen LogP contribution in [0.3, 0.4) is 0 Å². The monoisotopic (exact) mass is 312 g/mol. The van der Waals surface area contributed by atoms with Gasteiger partial charge in [-0.1, -0.05) is 0 Å². The SMILES string of the molecule is CC(O)(CNC(=O)c1cc(-n2cccn2)ccn1)c1ccco1. The predicted octanol–water partition coefficient (Wildman–Crippen LogP) is 1.50. The molecule has 3 aromatic heterocycles. The summed E-state index contributed by atoms with van der Waals surface area (Å²) < 4.78 is 6.81. The quantitative estimate of drug-likeness (QED) is 0.744. The van der Waals surface area contributed by atoms with Gasteiger partial charge in [0.15, 0.2) is 0 Å². The molecular weight excluding hydrogens is 296 g/mol. The average Bonchev–Trinajstić information content (AvgIpc) is 3.25. The molecule has 0 aliphatic carbocycles. The Balaban J connectivity index is 1.70. The number of nitrogens with one attached hydrogen (secondary N) is 1. The van der Waals surface area contributed by atoms with Crippen molar-refractivity contribution >= 4 is 5.91 Å². The number of rotatable bonds is 5. The molecule has 7 nitrogen and oxygen atoms in total. The highest BCUT2D eigenvalue weighted by Crippen LogP contribution is 2.19. The zero-order chi connectivity index (χ0) is 16.3. The predicted molar refractivity (Wildman–Crippen MR) is 82.0 cm³/mol. The standard InChI is InChI=1S/C16H16N4O3/c1-16(22,14-4-2-9-23-14)11-18-15(21)13-10-12(5-7-17-13)20-8-3-6-19-20/h2-10,22H,11H2,1H3,(H,18,21). The van der Waals surface area contributed by atoms with E-state index in [1.165, 1.54) is 12.5 Å². The molecule has 3 rings (SSSR count). The third kappa shape index (κ3) is 3.29. The fourth-order valence-corrected chi connectivity index (χ4v) is 2.12. The second-order valence-electron chi connectivity index (χ2n) is 5.28. The maximum absolute atomic E-state index is 12.2. The van der Waals surface area contributed by atoms with Crippen molar-refractivity contribution in [2.75, 3.05) is 6.54 Å². The van der Waals surface area contributed by atoms with Crippen LogP contribution in [0.25, 0.3) is 5.69 Å². The third-order valence-electron chi connectivity index (χ3n) is 3.39. The molecule has 0 radical (unpaired) electrons.